The van der Waals surface area contributed by atoms with E-state index < -0.39 is 0 Å². The molecule has 0 spiro atoms. The molecule has 5 nitrogen and oxygen atoms in total. The molecule has 3 atom stereocenters. The summed E-state index contributed by atoms with van der Waals surface area (Å²) >= 11 is 0. The van der Waals surface area contributed by atoms with Crippen molar-refractivity contribution in [3.63, 3.8) is 0 Å². The number of rotatable bonds is 6. The molecule has 0 unspecified atom stereocenters. The van der Waals surface area contributed by atoms with Crippen molar-refractivity contribution >= 4 is 5.91 Å². The standard InChI is InChI=1S/C15H28N4O/c1-5-6-8-17-15(20)14(4)18-10-12(2)19(9-7-16)13(3)11-18/h12-14H,5-6,8-11H2,1-4H3,(H,17,20)/t12-,13-,14-/m0/s1. The van der Waals surface area contributed by atoms with Crippen molar-refractivity contribution in [2.75, 3.05) is 26.2 Å². The van der Waals surface area contributed by atoms with Crippen molar-refractivity contribution < 1.29 is 4.79 Å². The minimum Gasteiger partial charge on any atom is -0.355 e. The van der Waals surface area contributed by atoms with Gasteiger partial charge >= 0.3 is 0 Å². The minimum atomic E-state index is -0.0963. The monoisotopic (exact) mass is 280 g/mol. The van der Waals surface area contributed by atoms with Crippen LogP contribution in [0.4, 0.5) is 0 Å². The van der Waals surface area contributed by atoms with E-state index in [1.807, 2.05) is 6.92 Å². The van der Waals surface area contributed by atoms with Crippen molar-refractivity contribution in [2.45, 2.75) is 58.7 Å². The fraction of sp³-hybridized carbons (Fsp3) is 0.867. The van der Waals surface area contributed by atoms with E-state index >= 15 is 0 Å². The number of nitriles is 1. The molecule has 0 aromatic heterocycles. The fourth-order valence-corrected chi connectivity index (χ4v) is 2.81. The van der Waals surface area contributed by atoms with Gasteiger partial charge in [0.05, 0.1) is 18.7 Å². The zero-order valence-electron chi connectivity index (χ0n) is 13.2. The van der Waals surface area contributed by atoms with Gasteiger partial charge in [-0.25, -0.2) is 0 Å². The van der Waals surface area contributed by atoms with Crippen LogP contribution in [-0.4, -0.2) is 60.0 Å². The van der Waals surface area contributed by atoms with E-state index in [0.29, 0.717) is 18.6 Å². The average Bonchev–Trinajstić information content (AvgIpc) is 2.42. The molecular weight excluding hydrogens is 252 g/mol. The van der Waals surface area contributed by atoms with E-state index in [4.69, 9.17) is 5.26 Å². The highest BCUT2D eigenvalue weighted by molar-refractivity contribution is 5.81. The number of nitrogens with zero attached hydrogens (tertiary/aromatic N) is 3. The first-order chi connectivity index (χ1) is 9.51. The highest BCUT2D eigenvalue weighted by Gasteiger charge is 2.33. The summed E-state index contributed by atoms with van der Waals surface area (Å²) in [7, 11) is 0. The van der Waals surface area contributed by atoms with Crippen molar-refractivity contribution in [1.82, 2.24) is 15.1 Å². The Morgan fingerprint density at radius 1 is 1.40 bits per heavy atom. The maximum atomic E-state index is 12.1. The van der Waals surface area contributed by atoms with Crippen LogP contribution in [0, 0.1) is 11.3 Å². The van der Waals surface area contributed by atoms with Crippen LogP contribution in [0.25, 0.3) is 0 Å². The molecule has 1 N–H and O–H groups in total. The molecule has 1 heterocycles. The number of carbonyl (C=O) groups is 1. The maximum absolute atomic E-state index is 12.1. The van der Waals surface area contributed by atoms with Gasteiger partial charge in [-0.05, 0) is 27.2 Å². The summed E-state index contributed by atoms with van der Waals surface area (Å²) in [6.07, 6.45) is 2.12. The normalized spacial score (nSPS) is 25.9. The molecule has 1 amide bonds. The van der Waals surface area contributed by atoms with Crippen LogP contribution in [0.3, 0.4) is 0 Å². The van der Waals surface area contributed by atoms with E-state index in [2.05, 4.69) is 42.0 Å². The Bertz CT molecular complexity index is 340. The van der Waals surface area contributed by atoms with Crippen LogP contribution in [0.1, 0.15) is 40.5 Å². The van der Waals surface area contributed by atoms with Crippen LogP contribution in [0.15, 0.2) is 0 Å². The molecule has 1 aliphatic heterocycles. The summed E-state index contributed by atoms with van der Waals surface area (Å²) in [6.45, 7) is 11.3. The summed E-state index contributed by atoms with van der Waals surface area (Å²) in [5, 5.41) is 11.9. The topological polar surface area (TPSA) is 59.4 Å². The van der Waals surface area contributed by atoms with Crippen LogP contribution in [0.2, 0.25) is 0 Å². The van der Waals surface area contributed by atoms with Gasteiger partial charge in [-0.1, -0.05) is 13.3 Å². The molecule has 1 saturated heterocycles. The number of unbranched alkanes of at least 4 members (excludes halogenated alkanes) is 1. The Kier molecular flexibility index (Phi) is 6.97. The molecule has 114 valence electrons. The predicted octanol–water partition coefficient (Wildman–Crippen LogP) is 1.21. The van der Waals surface area contributed by atoms with Gasteiger partial charge in [0, 0.05) is 31.7 Å². The lowest BCUT2D eigenvalue weighted by molar-refractivity contribution is -0.127. The third-order valence-electron chi connectivity index (χ3n) is 4.14. The molecule has 20 heavy (non-hydrogen) atoms. The largest absolute Gasteiger partial charge is 0.355 e. The van der Waals surface area contributed by atoms with Crippen LogP contribution in [0.5, 0.6) is 0 Å². The number of hydrogen-bond acceptors (Lipinski definition) is 4. The first kappa shape index (κ1) is 16.9. The first-order valence-electron chi connectivity index (χ1n) is 7.65. The lowest BCUT2D eigenvalue weighted by atomic mass is 10.1. The molecule has 0 bridgehead atoms. The smallest absolute Gasteiger partial charge is 0.237 e. The summed E-state index contributed by atoms with van der Waals surface area (Å²) in [5.74, 6) is 0.117. The molecule has 1 aliphatic rings. The van der Waals surface area contributed by atoms with E-state index in [0.717, 1.165) is 32.5 Å². The van der Waals surface area contributed by atoms with Crippen LogP contribution in [-0.2, 0) is 4.79 Å². The molecule has 0 radical (unpaired) electrons. The fourth-order valence-electron chi connectivity index (χ4n) is 2.81. The van der Waals surface area contributed by atoms with Gasteiger partial charge in [0.25, 0.3) is 0 Å². The van der Waals surface area contributed by atoms with Crippen molar-refractivity contribution in [1.29, 1.82) is 5.26 Å². The first-order valence-corrected chi connectivity index (χ1v) is 7.65. The van der Waals surface area contributed by atoms with E-state index in [1.54, 1.807) is 0 Å². The number of amides is 1. The van der Waals surface area contributed by atoms with E-state index in [9.17, 15) is 4.79 Å². The highest BCUT2D eigenvalue weighted by Crippen LogP contribution is 2.17. The molecule has 0 aromatic rings. The summed E-state index contributed by atoms with van der Waals surface area (Å²) < 4.78 is 0. The maximum Gasteiger partial charge on any atom is 0.237 e. The van der Waals surface area contributed by atoms with Gasteiger partial charge in [-0.2, -0.15) is 5.26 Å². The highest BCUT2D eigenvalue weighted by atomic mass is 16.2. The number of piperazine rings is 1. The molecule has 0 aliphatic carbocycles. The van der Waals surface area contributed by atoms with Crippen molar-refractivity contribution in [3.8, 4) is 6.07 Å². The second-order valence-electron chi connectivity index (χ2n) is 5.80. The second-order valence-corrected chi connectivity index (χ2v) is 5.80. The molecule has 0 aromatic carbocycles. The van der Waals surface area contributed by atoms with Gasteiger partial charge in [-0.15, -0.1) is 0 Å². The zero-order valence-corrected chi connectivity index (χ0v) is 13.2. The molecule has 1 fully saturated rings. The second kappa shape index (κ2) is 8.23. The number of carbonyl (C=O) groups excluding carboxylic acids is 1. The summed E-state index contributed by atoms with van der Waals surface area (Å²) in [4.78, 5) is 16.6. The summed E-state index contributed by atoms with van der Waals surface area (Å²) in [5.41, 5.74) is 0. The number of hydrogen-bond donors (Lipinski definition) is 1. The van der Waals surface area contributed by atoms with E-state index in [-0.39, 0.29) is 11.9 Å². The predicted molar refractivity (Wildman–Crippen MR) is 80.2 cm³/mol. The molecular formula is C15H28N4O. The number of nitrogens with one attached hydrogen (secondary N) is 1. The average molecular weight is 280 g/mol. The molecule has 5 heteroatoms. The Morgan fingerprint density at radius 3 is 2.50 bits per heavy atom. The molecule has 0 saturated carbocycles. The van der Waals surface area contributed by atoms with Gasteiger partial charge in [-0.3, -0.25) is 14.6 Å². The van der Waals surface area contributed by atoms with Gasteiger partial charge in [0.15, 0.2) is 0 Å². The van der Waals surface area contributed by atoms with Crippen molar-refractivity contribution in [2.24, 2.45) is 0 Å². The zero-order chi connectivity index (χ0) is 15.1. The third kappa shape index (κ3) is 4.46. The third-order valence-corrected chi connectivity index (χ3v) is 4.14. The SMILES string of the molecule is CCCCNC(=O)[C@H](C)N1C[C@H](C)N(CC#N)[C@@H](C)C1. The van der Waals surface area contributed by atoms with Gasteiger partial charge in [0.1, 0.15) is 0 Å². The Balaban J connectivity index is 2.52. The van der Waals surface area contributed by atoms with E-state index in [1.165, 1.54) is 0 Å². The van der Waals surface area contributed by atoms with Crippen LogP contribution < -0.4 is 5.32 Å². The Hall–Kier alpha value is -1.12. The molecule has 1 rings (SSSR count). The lowest BCUT2D eigenvalue weighted by Gasteiger charge is -2.45. The quantitative estimate of drug-likeness (QED) is 0.587. The minimum absolute atomic E-state index is 0.0963. The van der Waals surface area contributed by atoms with Gasteiger partial charge in [0.2, 0.25) is 5.91 Å². The van der Waals surface area contributed by atoms with Gasteiger partial charge < -0.3 is 5.32 Å². The Morgan fingerprint density at radius 2 is 2.00 bits per heavy atom. The van der Waals surface area contributed by atoms with Crippen molar-refractivity contribution in [3.05, 3.63) is 0 Å². The Labute approximate surface area is 122 Å². The lowest BCUT2D eigenvalue weighted by Crippen LogP contribution is -2.60. The van der Waals surface area contributed by atoms with Crippen LogP contribution >= 0.6 is 0 Å². The summed E-state index contributed by atoms with van der Waals surface area (Å²) in [6, 6.07) is 2.75.